The maximum absolute atomic E-state index is 15.1. The first-order valence-electron chi connectivity index (χ1n) is 21.6. The Morgan fingerprint density at radius 2 is 0.685 bits per heavy atom. The third-order valence-corrected chi connectivity index (χ3v) is 43.0. The minimum Gasteiger partial charge on any atom is -0.455 e. The van der Waals surface area contributed by atoms with E-state index in [-0.39, 0.29) is 14.9 Å². The van der Waals surface area contributed by atoms with Crippen LogP contribution in [0.15, 0.2) is 23.6 Å². The summed E-state index contributed by atoms with van der Waals surface area (Å²) in [6.45, 7) is 14.1. The Bertz CT molecular complexity index is 1910. The molecule has 0 fully saturated rings. The van der Waals surface area contributed by atoms with Crippen LogP contribution >= 0.6 is 45.2 Å². The molecule has 0 spiro atoms. The monoisotopic (exact) mass is 1440 g/mol. The van der Waals surface area contributed by atoms with Crippen molar-refractivity contribution in [1.29, 1.82) is 0 Å². The summed E-state index contributed by atoms with van der Waals surface area (Å²) in [6.07, 6.45) is -7.92. The lowest BCUT2D eigenvalue weighted by Gasteiger charge is -2.41. The lowest BCUT2D eigenvalue weighted by Crippen LogP contribution is -2.63. The van der Waals surface area contributed by atoms with Crippen LogP contribution in [0.5, 0.6) is 0 Å². The molecule has 0 saturated heterocycles. The fourth-order valence-corrected chi connectivity index (χ4v) is 33.8. The molecule has 0 N–H and O–H groups in total. The molecule has 2 atom stereocenters. The van der Waals surface area contributed by atoms with Crippen molar-refractivity contribution in [3.8, 4) is 0 Å². The molecule has 73 heavy (non-hydrogen) atoms. The van der Waals surface area contributed by atoms with Gasteiger partial charge in [-0.05, 0) is 109 Å². The molecule has 0 aliphatic rings. The molecule has 2 unspecified atom stereocenters. The van der Waals surface area contributed by atoms with Crippen LogP contribution in [0.25, 0.3) is 0 Å². The first-order chi connectivity index (χ1) is 31.3. The van der Waals surface area contributed by atoms with Crippen LogP contribution in [0.1, 0.15) is 39.5 Å². The maximum Gasteiger partial charge on any atom is 0.381 e. The van der Waals surface area contributed by atoms with Crippen molar-refractivity contribution in [2.45, 2.75) is 208 Å². The summed E-state index contributed by atoms with van der Waals surface area (Å²) in [6, 6.07) is -2.62. The van der Waals surface area contributed by atoms with Crippen molar-refractivity contribution >= 4 is 95.1 Å². The highest BCUT2D eigenvalue weighted by Crippen LogP contribution is 2.58. The summed E-state index contributed by atoms with van der Waals surface area (Å²) in [5.41, 5.74) is 0.0421. The fourth-order valence-electron chi connectivity index (χ4n) is 6.93. The minimum atomic E-state index is -7.00. The van der Waals surface area contributed by atoms with Crippen LogP contribution in [0, 0.1) is 0 Å². The number of alkyl halides is 26. The normalized spacial score (nSPS) is 17.3. The second-order valence-electron chi connectivity index (χ2n) is 21.1. The summed E-state index contributed by atoms with van der Waals surface area (Å²) in [5, 5.41) is 0. The molecular formula is C38H60F24I2O3Si6. The van der Waals surface area contributed by atoms with Gasteiger partial charge in [0.25, 0.3) is 0 Å². The Labute approximate surface area is 442 Å². The van der Waals surface area contributed by atoms with Crippen LogP contribution in [-0.2, 0) is 12.3 Å². The summed E-state index contributed by atoms with van der Waals surface area (Å²) >= 11 is 3.38. The molecule has 0 aliphatic carbocycles. The number of allylic oxidation sites excluding steroid dienone is 2. The number of halogens is 26. The SMILES string of the molecule is CCC(I)[Si](C)(C)O[Si](C)(C)C(I)CC(F)(F)C(F)(F)C(F)(F)C(F)(F)/C=C/[Si](C)(C)O[Si](C)(C)/C=C/C(F)(F)C(F)(F)C(F)(F)C(F)(F)CC[Si](C)(C)O[Si](C)(C)CCC(F)(F)C(F)(F)C(F)(F)C(C)(F)F. The standard InChI is InChI=1S/C38H60F24I2O3Si6/c1-15-25(63)72(11,12)67-73(13,14)26(64)24-32(49,50)38(61,62)37(59,60)31(47,48)19-23-71(9,10)66-70(7,8)22-18-30(45,46)36(57,58)35(55,56)29(43,44)17-21-69(5,6)65-68(3,4)20-16-28(41,42)34(53,54)33(51,52)27(2,39)40/h18-19,22-23,25-26H,15-17,20-21,24H2,1-14H3/b22-18+,23-19+. The Morgan fingerprint density at radius 3 is 0.986 bits per heavy atom. The summed E-state index contributed by atoms with van der Waals surface area (Å²) in [5.74, 6) is -76.4. The first-order valence-corrected chi connectivity index (χ1v) is 42.3. The number of hydrogen-bond acceptors (Lipinski definition) is 3. The molecule has 0 aliphatic heterocycles. The van der Waals surface area contributed by atoms with E-state index in [0.717, 1.165) is 52.4 Å². The fraction of sp³-hybridized carbons (Fsp3) is 0.895. The van der Waals surface area contributed by atoms with Gasteiger partial charge in [-0.1, -0.05) is 63.5 Å². The second-order valence-corrected chi connectivity index (χ2v) is 51.9. The molecule has 0 aromatic rings. The lowest BCUT2D eigenvalue weighted by atomic mass is 9.97. The number of rotatable bonds is 30. The van der Waals surface area contributed by atoms with Gasteiger partial charge in [0.05, 0.1) is 0 Å². The van der Waals surface area contributed by atoms with E-state index in [4.69, 9.17) is 12.3 Å². The zero-order valence-electron chi connectivity index (χ0n) is 41.8. The van der Waals surface area contributed by atoms with E-state index in [2.05, 4.69) is 22.6 Å². The Balaban J connectivity index is 6.34. The molecule has 3 nitrogen and oxygen atoms in total. The van der Waals surface area contributed by atoms with E-state index in [1.165, 1.54) is 35.7 Å². The van der Waals surface area contributed by atoms with Gasteiger partial charge in [0.15, 0.2) is 49.9 Å². The highest BCUT2D eigenvalue weighted by molar-refractivity contribution is 14.1. The van der Waals surface area contributed by atoms with Gasteiger partial charge in [0.2, 0.25) is 0 Å². The lowest BCUT2D eigenvalue weighted by molar-refractivity contribution is -0.362. The predicted molar refractivity (Wildman–Crippen MR) is 261 cm³/mol. The molecular weight excluding hydrogens is 1380 g/mol. The Hall–Kier alpha value is 0.441. The molecule has 0 heterocycles. The highest BCUT2D eigenvalue weighted by atomic mass is 127. The molecule has 0 radical (unpaired) electrons. The van der Waals surface area contributed by atoms with Crippen LogP contribution < -0.4 is 0 Å². The molecule has 0 saturated carbocycles. The zero-order chi connectivity index (χ0) is 59.3. The number of hydrogen-bond donors (Lipinski definition) is 0. The van der Waals surface area contributed by atoms with Crippen LogP contribution in [0.4, 0.5) is 105 Å². The van der Waals surface area contributed by atoms with Crippen molar-refractivity contribution < 1.29 is 118 Å². The van der Waals surface area contributed by atoms with Crippen molar-refractivity contribution in [2.75, 3.05) is 0 Å². The first kappa shape index (κ1) is 73.4. The van der Waals surface area contributed by atoms with Gasteiger partial charge in [-0.3, -0.25) is 0 Å². The summed E-state index contributed by atoms with van der Waals surface area (Å²) in [4.78, 5) is 0. The molecule has 0 rings (SSSR count). The molecule has 0 bridgehead atoms. The van der Waals surface area contributed by atoms with Gasteiger partial charge in [-0.2, -0.15) is 105 Å². The summed E-state index contributed by atoms with van der Waals surface area (Å²) < 4.78 is 366. The highest BCUT2D eigenvalue weighted by Gasteiger charge is 2.82. The molecule has 436 valence electrons. The van der Waals surface area contributed by atoms with Gasteiger partial charge >= 0.3 is 71.1 Å². The van der Waals surface area contributed by atoms with Crippen LogP contribution in [0.3, 0.4) is 0 Å². The Morgan fingerprint density at radius 1 is 0.397 bits per heavy atom. The van der Waals surface area contributed by atoms with Crippen molar-refractivity contribution in [3.05, 3.63) is 23.6 Å². The largest absolute Gasteiger partial charge is 0.455 e. The average Bonchev–Trinajstić information content (AvgIpc) is 3.15. The minimum absolute atomic E-state index is 0.00879. The van der Waals surface area contributed by atoms with E-state index in [0.29, 0.717) is 6.42 Å². The average molecular weight is 1440 g/mol. The van der Waals surface area contributed by atoms with Crippen LogP contribution in [0.2, 0.25) is 90.7 Å². The van der Waals surface area contributed by atoms with E-state index < -0.39 is 175 Å². The van der Waals surface area contributed by atoms with E-state index >= 15 is 35.1 Å². The maximum atomic E-state index is 15.1. The smallest absolute Gasteiger partial charge is 0.381 e. The van der Waals surface area contributed by atoms with Crippen molar-refractivity contribution in [3.63, 3.8) is 0 Å². The third kappa shape index (κ3) is 16.8. The quantitative estimate of drug-likeness (QED) is 0.0310. The molecule has 0 amide bonds. The van der Waals surface area contributed by atoms with E-state index in [1.807, 2.05) is 0 Å². The van der Waals surface area contributed by atoms with Gasteiger partial charge in [-0.15, -0.1) is 0 Å². The van der Waals surface area contributed by atoms with E-state index in [9.17, 15) is 70.2 Å². The van der Waals surface area contributed by atoms with Crippen molar-refractivity contribution in [2.24, 2.45) is 0 Å². The van der Waals surface area contributed by atoms with E-state index in [1.54, 1.807) is 20.0 Å². The molecule has 0 aromatic carbocycles. The summed E-state index contributed by atoms with van der Waals surface area (Å²) in [7, 11) is -22.7. The van der Waals surface area contributed by atoms with Gasteiger partial charge < -0.3 is 12.3 Å². The zero-order valence-corrected chi connectivity index (χ0v) is 52.1. The van der Waals surface area contributed by atoms with Crippen molar-refractivity contribution in [1.82, 2.24) is 0 Å². The van der Waals surface area contributed by atoms with Gasteiger partial charge in [0.1, 0.15) is 0 Å². The topological polar surface area (TPSA) is 27.7 Å². The predicted octanol–water partition coefficient (Wildman–Crippen LogP) is 18.4. The second kappa shape index (κ2) is 22.8. The Kier molecular flexibility index (Phi) is 22.9. The van der Waals surface area contributed by atoms with Gasteiger partial charge in [0, 0.05) is 33.3 Å². The van der Waals surface area contributed by atoms with Crippen LogP contribution in [-0.4, -0.2) is 128 Å². The van der Waals surface area contributed by atoms with Gasteiger partial charge in [-0.25, -0.2) is 0 Å². The molecule has 0 aromatic heterocycles. The molecule has 35 heteroatoms. The third-order valence-electron chi connectivity index (χ3n) is 11.3.